The van der Waals surface area contributed by atoms with E-state index in [9.17, 15) is 4.79 Å². The Labute approximate surface area is 104 Å². The van der Waals surface area contributed by atoms with Crippen LogP contribution in [0.15, 0.2) is 30.3 Å². The second kappa shape index (κ2) is 7.07. The van der Waals surface area contributed by atoms with Crippen molar-refractivity contribution in [2.75, 3.05) is 11.4 Å². The van der Waals surface area contributed by atoms with Crippen molar-refractivity contribution in [1.82, 2.24) is 0 Å². The average molecular weight is 234 g/mol. The summed E-state index contributed by atoms with van der Waals surface area (Å²) in [5, 5.41) is 0. The minimum absolute atomic E-state index is 0.0205. The maximum atomic E-state index is 12.2. The third-order valence-corrected chi connectivity index (χ3v) is 2.83. The maximum Gasteiger partial charge on any atom is 0.243 e. The van der Waals surface area contributed by atoms with Crippen LogP contribution in [0.1, 0.15) is 33.1 Å². The summed E-state index contributed by atoms with van der Waals surface area (Å²) in [6.07, 6.45) is 2.74. The van der Waals surface area contributed by atoms with Crippen LogP contribution >= 0.6 is 0 Å². The number of hydrogen-bond acceptors (Lipinski definition) is 2. The van der Waals surface area contributed by atoms with Crippen LogP contribution in [-0.4, -0.2) is 18.5 Å². The Morgan fingerprint density at radius 2 is 1.94 bits per heavy atom. The summed E-state index contributed by atoms with van der Waals surface area (Å²) >= 11 is 0. The fourth-order valence-electron chi connectivity index (χ4n) is 1.67. The lowest BCUT2D eigenvalue weighted by Gasteiger charge is -2.25. The van der Waals surface area contributed by atoms with Crippen LogP contribution in [0, 0.1) is 0 Å². The molecule has 1 atom stereocenters. The van der Waals surface area contributed by atoms with Crippen molar-refractivity contribution < 1.29 is 4.79 Å². The van der Waals surface area contributed by atoms with Gasteiger partial charge in [0.15, 0.2) is 0 Å². The molecule has 3 heteroatoms. The van der Waals surface area contributed by atoms with Crippen LogP contribution in [0.4, 0.5) is 5.69 Å². The van der Waals surface area contributed by atoms with Crippen molar-refractivity contribution in [3.05, 3.63) is 30.3 Å². The molecular weight excluding hydrogens is 212 g/mol. The first-order chi connectivity index (χ1) is 8.20. The molecule has 0 aliphatic rings. The number of carbonyl (C=O) groups excluding carboxylic acids is 1. The molecule has 1 rings (SSSR count). The normalized spacial score (nSPS) is 12.2. The Morgan fingerprint density at radius 1 is 1.29 bits per heavy atom. The summed E-state index contributed by atoms with van der Waals surface area (Å²) in [5.74, 6) is 0.0205. The number of rotatable bonds is 6. The molecule has 1 aromatic rings. The smallest absolute Gasteiger partial charge is 0.243 e. The lowest BCUT2D eigenvalue weighted by Crippen LogP contribution is -2.44. The molecule has 0 aliphatic carbocycles. The summed E-state index contributed by atoms with van der Waals surface area (Å²) in [6.45, 7) is 4.80. The van der Waals surface area contributed by atoms with Gasteiger partial charge in [-0.2, -0.15) is 0 Å². The molecule has 0 bridgehead atoms. The van der Waals surface area contributed by atoms with E-state index in [0.717, 1.165) is 25.1 Å². The maximum absolute atomic E-state index is 12.2. The second-order valence-corrected chi connectivity index (χ2v) is 4.19. The molecule has 94 valence electrons. The van der Waals surface area contributed by atoms with E-state index >= 15 is 0 Å². The molecule has 1 unspecified atom stereocenters. The number of unbranched alkanes of at least 4 members (excludes halogenated alkanes) is 1. The highest BCUT2D eigenvalue weighted by atomic mass is 16.2. The number of nitrogens with zero attached hydrogens (tertiary/aromatic N) is 1. The van der Waals surface area contributed by atoms with Gasteiger partial charge in [-0.1, -0.05) is 38.5 Å². The fraction of sp³-hybridized carbons (Fsp3) is 0.500. The lowest BCUT2D eigenvalue weighted by atomic mass is 10.1. The van der Waals surface area contributed by atoms with Crippen LogP contribution in [0.5, 0.6) is 0 Å². The Balaban J connectivity index is 2.84. The Morgan fingerprint density at radius 3 is 2.47 bits per heavy atom. The van der Waals surface area contributed by atoms with E-state index in [1.807, 2.05) is 37.3 Å². The molecule has 1 aromatic carbocycles. The van der Waals surface area contributed by atoms with E-state index in [1.54, 1.807) is 4.90 Å². The van der Waals surface area contributed by atoms with E-state index in [4.69, 9.17) is 5.73 Å². The molecule has 0 radical (unpaired) electrons. The summed E-state index contributed by atoms with van der Waals surface area (Å²) in [6, 6.07) is 9.35. The minimum Gasteiger partial charge on any atom is -0.320 e. The number of amides is 1. The first kappa shape index (κ1) is 13.7. The van der Waals surface area contributed by atoms with Gasteiger partial charge in [0.25, 0.3) is 0 Å². The van der Waals surface area contributed by atoms with Crippen molar-refractivity contribution in [1.29, 1.82) is 0 Å². The topological polar surface area (TPSA) is 46.3 Å². The zero-order valence-corrected chi connectivity index (χ0v) is 10.7. The molecule has 0 aromatic heterocycles. The van der Waals surface area contributed by atoms with Crippen molar-refractivity contribution >= 4 is 11.6 Å². The van der Waals surface area contributed by atoms with Gasteiger partial charge in [0.05, 0.1) is 6.04 Å². The van der Waals surface area contributed by atoms with Crippen molar-refractivity contribution in [2.45, 2.75) is 39.2 Å². The lowest BCUT2D eigenvalue weighted by molar-refractivity contribution is -0.119. The summed E-state index contributed by atoms with van der Waals surface area (Å²) in [4.78, 5) is 14.0. The zero-order valence-electron chi connectivity index (χ0n) is 10.7. The molecular formula is C14H22N2O. The van der Waals surface area contributed by atoms with E-state index in [2.05, 4.69) is 6.92 Å². The first-order valence-electron chi connectivity index (χ1n) is 6.32. The van der Waals surface area contributed by atoms with Gasteiger partial charge >= 0.3 is 0 Å². The quantitative estimate of drug-likeness (QED) is 0.822. The van der Waals surface area contributed by atoms with Gasteiger partial charge in [-0.05, 0) is 25.0 Å². The monoisotopic (exact) mass is 234 g/mol. The third kappa shape index (κ3) is 3.86. The van der Waals surface area contributed by atoms with Crippen molar-refractivity contribution in [3.8, 4) is 0 Å². The Hall–Kier alpha value is -1.35. The largest absolute Gasteiger partial charge is 0.320 e. The van der Waals surface area contributed by atoms with Crippen LogP contribution < -0.4 is 10.6 Å². The van der Waals surface area contributed by atoms with E-state index in [1.165, 1.54) is 0 Å². The number of carbonyl (C=O) groups is 1. The molecule has 0 saturated carbocycles. The molecule has 17 heavy (non-hydrogen) atoms. The third-order valence-electron chi connectivity index (χ3n) is 2.83. The van der Waals surface area contributed by atoms with Crippen LogP contribution in [-0.2, 0) is 4.79 Å². The highest BCUT2D eigenvalue weighted by Crippen LogP contribution is 2.15. The van der Waals surface area contributed by atoms with Gasteiger partial charge in [0.1, 0.15) is 0 Å². The highest BCUT2D eigenvalue weighted by Gasteiger charge is 2.20. The molecule has 1 amide bonds. The van der Waals surface area contributed by atoms with Crippen LogP contribution in [0.2, 0.25) is 0 Å². The summed E-state index contributed by atoms with van der Waals surface area (Å²) in [5.41, 5.74) is 6.77. The van der Waals surface area contributed by atoms with Gasteiger partial charge in [-0.25, -0.2) is 0 Å². The molecule has 0 saturated heterocycles. The van der Waals surface area contributed by atoms with Crippen molar-refractivity contribution in [2.24, 2.45) is 5.73 Å². The van der Waals surface area contributed by atoms with Gasteiger partial charge < -0.3 is 10.6 Å². The number of para-hydroxylation sites is 1. The zero-order chi connectivity index (χ0) is 12.7. The molecule has 0 heterocycles. The number of hydrogen-bond donors (Lipinski definition) is 1. The molecule has 2 N–H and O–H groups in total. The van der Waals surface area contributed by atoms with Crippen LogP contribution in [0.3, 0.4) is 0 Å². The van der Waals surface area contributed by atoms with Gasteiger partial charge in [0, 0.05) is 12.2 Å². The Bertz CT molecular complexity index is 337. The number of nitrogens with two attached hydrogens (primary N) is 1. The molecule has 3 nitrogen and oxygen atoms in total. The average Bonchev–Trinajstić information content (AvgIpc) is 2.39. The first-order valence-corrected chi connectivity index (χ1v) is 6.32. The van der Waals surface area contributed by atoms with Crippen LogP contribution in [0.25, 0.3) is 0 Å². The fourth-order valence-corrected chi connectivity index (χ4v) is 1.67. The molecule has 0 aliphatic heterocycles. The predicted molar refractivity (Wildman–Crippen MR) is 72.0 cm³/mol. The van der Waals surface area contributed by atoms with Gasteiger partial charge in [-0.3, -0.25) is 4.79 Å². The van der Waals surface area contributed by atoms with E-state index in [-0.39, 0.29) is 5.91 Å². The number of anilines is 1. The Kier molecular flexibility index (Phi) is 5.70. The standard InChI is InChI=1S/C14H22N2O/c1-3-5-11-16(14(17)13(15)4-2)12-9-7-6-8-10-12/h6-10,13H,3-5,11,15H2,1-2H3. The van der Waals surface area contributed by atoms with Gasteiger partial charge in [-0.15, -0.1) is 0 Å². The highest BCUT2D eigenvalue weighted by molar-refractivity contribution is 5.96. The SMILES string of the molecule is CCCCN(C(=O)C(N)CC)c1ccccc1. The van der Waals surface area contributed by atoms with Gasteiger partial charge in [0.2, 0.25) is 5.91 Å². The summed E-state index contributed by atoms with van der Waals surface area (Å²) < 4.78 is 0. The second-order valence-electron chi connectivity index (χ2n) is 4.19. The summed E-state index contributed by atoms with van der Waals surface area (Å²) in [7, 11) is 0. The predicted octanol–water partition coefficient (Wildman–Crippen LogP) is 2.56. The number of benzene rings is 1. The van der Waals surface area contributed by atoms with E-state index in [0.29, 0.717) is 6.42 Å². The molecule has 0 spiro atoms. The minimum atomic E-state index is -0.396. The molecule has 0 fully saturated rings. The van der Waals surface area contributed by atoms with E-state index < -0.39 is 6.04 Å². The van der Waals surface area contributed by atoms with Crippen molar-refractivity contribution in [3.63, 3.8) is 0 Å².